The Morgan fingerprint density at radius 1 is 1.26 bits per heavy atom. The molecule has 1 aliphatic rings. The standard InChI is InChI=1S/C15H19F3N2O2.ClH/c1-22-9-15(4-6-19-7-5-15)8-20-14(21)10-2-3-11(16)13(18)12(10)17;/h2-3,19H,4-9H2,1H3,(H,20,21);1H. The molecule has 130 valence electrons. The first kappa shape index (κ1) is 19.7. The van der Waals surface area contributed by atoms with Gasteiger partial charge in [0, 0.05) is 19.1 Å². The maximum Gasteiger partial charge on any atom is 0.254 e. The van der Waals surface area contributed by atoms with Crippen LogP contribution in [0, 0.1) is 22.9 Å². The van der Waals surface area contributed by atoms with E-state index in [1.54, 1.807) is 7.11 Å². The molecule has 2 N–H and O–H groups in total. The van der Waals surface area contributed by atoms with Crippen LogP contribution in [0.1, 0.15) is 23.2 Å². The second kappa shape index (κ2) is 8.52. The van der Waals surface area contributed by atoms with Crippen LogP contribution >= 0.6 is 12.4 Å². The Kier molecular flexibility index (Phi) is 7.31. The zero-order valence-corrected chi connectivity index (χ0v) is 13.6. The number of halogens is 4. The van der Waals surface area contributed by atoms with E-state index in [0.717, 1.165) is 38.1 Å². The number of carbonyl (C=O) groups is 1. The molecule has 1 saturated heterocycles. The molecule has 0 unspecified atom stereocenters. The minimum Gasteiger partial charge on any atom is -0.384 e. The lowest BCUT2D eigenvalue weighted by atomic mass is 9.79. The summed E-state index contributed by atoms with van der Waals surface area (Å²) >= 11 is 0. The fraction of sp³-hybridized carbons (Fsp3) is 0.533. The summed E-state index contributed by atoms with van der Waals surface area (Å²) in [7, 11) is 1.58. The number of carbonyl (C=O) groups excluding carboxylic acids is 1. The number of amides is 1. The molecular weight excluding hydrogens is 333 g/mol. The summed E-state index contributed by atoms with van der Waals surface area (Å²) in [6.45, 7) is 2.37. The fourth-order valence-corrected chi connectivity index (χ4v) is 2.70. The molecule has 1 aromatic rings. The van der Waals surface area contributed by atoms with Crippen molar-refractivity contribution >= 4 is 18.3 Å². The van der Waals surface area contributed by atoms with Crippen LogP contribution in [0.4, 0.5) is 13.2 Å². The predicted octanol–water partition coefficient (Wildman–Crippen LogP) is 2.27. The van der Waals surface area contributed by atoms with E-state index in [0.29, 0.717) is 13.2 Å². The molecule has 1 aliphatic heterocycles. The van der Waals surface area contributed by atoms with E-state index in [-0.39, 0.29) is 17.8 Å². The molecule has 0 aromatic heterocycles. The third kappa shape index (κ3) is 4.59. The van der Waals surface area contributed by atoms with Gasteiger partial charge >= 0.3 is 0 Å². The van der Waals surface area contributed by atoms with Gasteiger partial charge < -0.3 is 15.4 Å². The highest BCUT2D eigenvalue weighted by Crippen LogP contribution is 2.28. The fourth-order valence-electron chi connectivity index (χ4n) is 2.70. The van der Waals surface area contributed by atoms with Crippen molar-refractivity contribution in [3.8, 4) is 0 Å². The third-order valence-electron chi connectivity index (χ3n) is 4.02. The van der Waals surface area contributed by atoms with Crippen LogP contribution in [-0.2, 0) is 4.74 Å². The Labute approximate surface area is 139 Å². The molecule has 4 nitrogen and oxygen atoms in total. The number of methoxy groups -OCH3 is 1. The van der Waals surface area contributed by atoms with Gasteiger partial charge in [-0.2, -0.15) is 0 Å². The van der Waals surface area contributed by atoms with Gasteiger partial charge in [0.25, 0.3) is 5.91 Å². The molecule has 0 radical (unpaired) electrons. The molecule has 1 heterocycles. The van der Waals surface area contributed by atoms with E-state index in [2.05, 4.69) is 10.6 Å². The van der Waals surface area contributed by atoms with Crippen LogP contribution in [-0.4, -0.2) is 39.3 Å². The third-order valence-corrected chi connectivity index (χ3v) is 4.02. The molecule has 23 heavy (non-hydrogen) atoms. The lowest BCUT2D eigenvalue weighted by Gasteiger charge is -2.37. The largest absolute Gasteiger partial charge is 0.384 e. The number of hydrogen-bond donors (Lipinski definition) is 2. The normalized spacial score (nSPS) is 16.5. The van der Waals surface area contributed by atoms with Crippen LogP contribution in [0.25, 0.3) is 0 Å². The Balaban J connectivity index is 0.00000264. The van der Waals surface area contributed by atoms with Gasteiger partial charge in [0.1, 0.15) is 0 Å². The highest BCUT2D eigenvalue weighted by atomic mass is 35.5. The zero-order valence-electron chi connectivity index (χ0n) is 12.8. The second-order valence-electron chi connectivity index (χ2n) is 5.59. The number of rotatable bonds is 5. The van der Waals surface area contributed by atoms with E-state index in [9.17, 15) is 18.0 Å². The maximum absolute atomic E-state index is 13.6. The van der Waals surface area contributed by atoms with Gasteiger partial charge in [0.15, 0.2) is 17.5 Å². The van der Waals surface area contributed by atoms with E-state index in [1.165, 1.54) is 0 Å². The van der Waals surface area contributed by atoms with Gasteiger partial charge in [0.05, 0.1) is 12.2 Å². The number of ether oxygens (including phenoxy) is 1. The molecule has 8 heteroatoms. The lowest BCUT2D eigenvalue weighted by Crippen LogP contribution is -2.47. The molecule has 0 saturated carbocycles. The molecule has 1 aromatic carbocycles. The van der Waals surface area contributed by atoms with Crippen LogP contribution in [0.5, 0.6) is 0 Å². The average Bonchev–Trinajstić information content (AvgIpc) is 2.52. The van der Waals surface area contributed by atoms with Gasteiger partial charge in [-0.1, -0.05) is 0 Å². The Hall–Kier alpha value is -1.31. The molecule has 0 spiro atoms. The van der Waals surface area contributed by atoms with Crippen molar-refractivity contribution < 1.29 is 22.7 Å². The van der Waals surface area contributed by atoms with Gasteiger partial charge in [-0.15, -0.1) is 12.4 Å². The summed E-state index contributed by atoms with van der Waals surface area (Å²) in [4.78, 5) is 12.0. The first-order valence-electron chi connectivity index (χ1n) is 7.10. The van der Waals surface area contributed by atoms with Crippen molar-refractivity contribution in [3.63, 3.8) is 0 Å². The summed E-state index contributed by atoms with van der Waals surface area (Å²) in [5.74, 6) is -5.18. The van der Waals surface area contributed by atoms with Gasteiger partial charge in [0.2, 0.25) is 0 Å². The first-order chi connectivity index (χ1) is 10.5. The number of benzene rings is 1. The van der Waals surface area contributed by atoms with Crippen LogP contribution in [0.2, 0.25) is 0 Å². The Morgan fingerprint density at radius 2 is 1.91 bits per heavy atom. The minimum atomic E-state index is -1.64. The summed E-state index contributed by atoms with van der Waals surface area (Å²) < 4.78 is 44.9. The monoisotopic (exact) mass is 352 g/mol. The van der Waals surface area contributed by atoms with Gasteiger partial charge in [-0.05, 0) is 38.1 Å². The van der Waals surface area contributed by atoms with Crippen molar-refractivity contribution in [1.29, 1.82) is 0 Å². The average molecular weight is 353 g/mol. The van der Waals surface area contributed by atoms with Gasteiger partial charge in [-0.3, -0.25) is 4.79 Å². The highest BCUT2D eigenvalue weighted by molar-refractivity contribution is 5.94. The van der Waals surface area contributed by atoms with Crippen molar-refractivity contribution in [3.05, 3.63) is 35.1 Å². The van der Waals surface area contributed by atoms with Crippen molar-refractivity contribution in [2.45, 2.75) is 12.8 Å². The number of piperidine rings is 1. The van der Waals surface area contributed by atoms with Crippen molar-refractivity contribution in [2.24, 2.45) is 5.41 Å². The number of nitrogens with one attached hydrogen (secondary N) is 2. The van der Waals surface area contributed by atoms with Crippen molar-refractivity contribution in [1.82, 2.24) is 10.6 Å². The SMILES string of the molecule is COCC1(CNC(=O)c2ccc(F)c(F)c2F)CCNCC1.Cl. The summed E-state index contributed by atoms with van der Waals surface area (Å²) in [6, 6.07) is 1.68. The minimum absolute atomic E-state index is 0. The smallest absolute Gasteiger partial charge is 0.254 e. The van der Waals surface area contributed by atoms with E-state index in [4.69, 9.17) is 4.74 Å². The molecule has 0 aliphatic carbocycles. The van der Waals surface area contributed by atoms with E-state index >= 15 is 0 Å². The van der Waals surface area contributed by atoms with E-state index in [1.807, 2.05) is 0 Å². The Morgan fingerprint density at radius 3 is 2.52 bits per heavy atom. The van der Waals surface area contributed by atoms with Crippen LogP contribution in [0.15, 0.2) is 12.1 Å². The quantitative estimate of drug-likeness (QED) is 0.799. The lowest BCUT2D eigenvalue weighted by molar-refractivity contribution is 0.0510. The Bertz CT molecular complexity index is 546. The molecule has 0 bridgehead atoms. The molecule has 0 atom stereocenters. The molecule has 1 amide bonds. The topological polar surface area (TPSA) is 50.4 Å². The predicted molar refractivity (Wildman–Crippen MR) is 82.3 cm³/mol. The summed E-state index contributed by atoms with van der Waals surface area (Å²) in [6.07, 6.45) is 1.61. The molecule has 1 fully saturated rings. The molecule has 2 rings (SSSR count). The first-order valence-corrected chi connectivity index (χ1v) is 7.10. The zero-order chi connectivity index (χ0) is 16.2. The van der Waals surface area contributed by atoms with Crippen molar-refractivity contribution in [2.75, 3.05) is 33.4 Å². The van der Waals surface area contributed by atoms with Gasteiger partial charge in [-0.25, -0.2) is 13.2 Å². The summed E-state index contributed by atoms with van der Waals surface area (Å²) in [5, 5.41) is 5.83. The second-order valence-corrected chi connectivity index (χ2v) is 5.59. The number of hydrogen-bond acceptors (Lipinski definition) is 3. The summed E-state index contributed by atoms with van der Waals surface area (Å²) in [5.41, 5.74) is -0.731. The molecular formula is C15H20ClF3N2O2. The highest BCUT2D eigenvalue weighted by Gasteiger charge is 2.33. The van der Waals surface area contributed by atoms with Crippen LogP contribution < -0.4 is 10.6 Å². The van der Waals surface area contributed by atoms with Crippen LogP contribution in [0.3, 0.4) is 0 Å². The van der Waals surface area contributed by atoms with E-state index < -0.39 is 28.9 Å². The maximum atomic E-state index is 13.6.